The van der Waals surface area contributed by atoms with Crippen LogP contribution < -0.4 is 5.73 Å². The Morgan fingerprint density at radius 1 is 1.33 bits per heavy atom. The minimum absolute atomic E-state index is 0.306. The van der Waals surface area contributed by atoms with E-state index < -0.39 is 0 Å². The Balaban J connectivity index is 1.66. The van der Waals surface area contributed by atoms with Crippen LogP contribution >= 0.6 is 0 Å². The number of hydrogen-bond donors (Lipinski definition) is 1. The van der Waals surface area contributed by atoms with Crippen molar-refractivity contribution in [3.05, 3.63) is 35.4 Å². The first-order valence-electron chi connectivity index (χ1n) is 7.33. The summed E-state index contributed by atoms with van der Waals surface area (Å²) in [5.74, 6) is 0.751. The highest BCUT2D eigenvalue weighted by Gasteiger charge is 2.32. The van der Waals surface area contributed by atoms with Crippen molar-refractivity contribution < 1.29 is 0 Å². The lowest BCUT2D eigenvalue weighted by Crippen LogP contribution is -2.51. The first-order valence-corrected chi connectivity index (χ1v) is 7.33. The molecule has 0 radical (unpaired) electrons. The zero-order valence-electron chi connectivity index (χ0n) is 11.3. The zero-order chi connectivity index (χ0) is 12.5. The molecule has 2 N–H and O–H groups in total. The maximum atomic E-state index is 6.15. The van der Waals surface area contributed by atoms with Gasteiger partial charge in [0.1, 0.15) is 0 Å². The highest BCUT2D eigenvalue weighted by Crippen LogP contribution is 2.36. The quantitative estimate of drug-likeness (QED) is 0.885. The predicted molar refractivity (Wildman–Crippen MR) is 75.7 cm³/mol. The molecule has 1 aliphatic carbocycles. The van der Waals surface area contributed by atoms with Crippen LogP contribution in [0.2, 0.25) is 0 Å². The van der Waals surface area contributed by atoms with Gasteiger partial charge in [-0.1, -0.05) is 30.7 Å². The van der Waals surface area contributed by atoms with Crippen molar-refractivity contribution in [1.29, 1.82) is 0 Å². The Bertz CT molecular complexity index is 413. The van der Waals surface area contributed by atoms with E-state index in [2.05, 4.69) is 36.1 Å². The molecule has 1 fully saturated rings. The third kappa shape index (κ3) is 2.19. The van der Waals surface area contributed by atoms with Crippen LogP contribution in [0.15, 0.2) is 24.3 Å². The molecule has 1 heterocycles. The maximum Gasteiger partial charge on any atom is 0.0244 e. The summed E-state index contributed by atoms with van der Waals surface area (Å²) in [5, 5.41) is 0. The van der Waals surface area contributed by atoms with E-state index in [-0.39, 0.29) is 0 Å². The van der Waals surface area contributed by atoms with Crippen molar-refractivity contribution in [2.24, 2.45) is 5.73 Å². The number of nitrogens with zero attached hydrogens (tertiary/aromatic N) is 1. The molecule has 0 bridgehead atoms. The Hall–Kier alpha value is -0.860. The third-order valence-electron chi connectivity index (χ3n) is 4.69. The minimum atomic E-state index is 0.306. The summed E-state index contributed by atoms with van der Waals surface area (Å²) in [5.41, 5.74) is 9.27. The molecule has 1 aromatic carbocycles. The SMILES string of the molecule is CC(N)C1CCCCN1CC1Cc2ccccc21. The lowest BCUT2D eigenvalue weighted by Gasteiger charge is -2.42. The second kappa shape index (κ2) is 5.02. The first-order chi connectivity index (χ1) is 8.75. The number of hydrogen-bond acceptors (Lipinski definition) is 2. The number of piperidine rings is 1. The molecule has 1 saturated heterocycles. The van der Waals surface area contributed by atoms with Crippen molar-refractivity contribution in [3.63, 3.8) is 0 Å². The third-order valence-corrected chi connectivity index (χ3v) is 4.69. The van der Waals surface area contributed by atoms with Crippen LogP contribution in [-0.2, 0) is 6.42 Å². The van der Waals surface area contributed by atoms with E-state index in [4.69, 9.17) is 5.73 Å². The molecule has 0 spiro atoms. The fraction of sp³-hybridized carbons (Fsp3) is 0.625. The second-order valence-electron chi connectivity index (χ2n) is 6.02. The summed E-state index contributed by atoms with van der Waals surface area (Å²) in [6.45, 7) is 4.62. The molecule has 98 valence electrons. The molecular weight excluding hydrogens is 220 g/mol. The van der Waals surface area contributed by atoms with E-state index in [1.165, 1.54) is 38.8 Å². The maximum absolute atomic E-state index is 6.15. The van der Waals surface area contributed by atoms with Crippen LogP contribution in [0.5, 0.6) is 0 Å². The largest absolute Gasteiger partial charge is 0.327 e. The topological polar surface area (TPSA) is 29.3 Å². The van der Waals surface area contributed by atoms with Gasteiger partial charge in [0.25, 0.3) is 0 Å². The van der Waals surface area contributed by atoms with Gasteiger partial charge in [0, 0.05) is 24.5 Å². The fourth-order valence-corrected chi connectivity index (χ4v) is 3.65. The van der Waals surface area contributed by atoms with E-state index in [1.807, 2.05) is 0 Å². The number of benzene rings is 1. The molecule has 0 aromatic heterocycles. The van der Waals surface area contributed by atoms with Gasteiger partial charge in [-0.25, -0.2) is 0 Å². The molecule has 3 rings (SSSR count). The zero-order valence-corrected chi connectivity index (χ0v) is 11.3. The van der Waals surface area contributed by atoms with Crippen molar-refractivity contribution in [2.75, 3.05) is 13.1 Å². The smallest absolute Gasteiger partial charge is 0.0244 e. The lowest BCUT2D eigenvalue weighted by molar-refractivity contribution is 0.119. The molecule has 3 atom stereocenters. The van der Waals surface area contributed by atoms with E-state index >= 15 is 0 Å². The van der Waals surface area contributed by atoms with Crippen LogP contribution in [0.25, 0.3) is 0 Å². The van der Waals surface area contributed by atoms with Crippen molar-refractivity contribution in [2.45, 2.75) is 50.6 Å². The van der Waals surface area contributed by atoms with Crippen LogP contribution in [0.1, 0.15) is 43.2 Å². The summed E-state index contributed by atoms with van der Waals surface area (Å²) >= 11 is 0. The molecule has 1 aliphatic heterocycles. The Kier molecular flexibility index (Phi) is 3.40. The highest BCUT2D eigenvalue weighted by atomic mass is 15.2. The van der Waals surface area contributed by atoms with Gasteiger partial charge >= 0.3 is 0 Å². The van der Waals surface area contributed by atoms with Gasteiger partial charge in [0.05, 0.1) is 0 Å². The van der Waals surface area contributed by atoms with Crippen LogP contribution in [0.3, 0.4) is 0 Å². The average molecular weight is 244 g/mol. The van der Waals surface area contributed by atoms with Gasteiger partial charge in [-0.05, 0) is 43.9 Å². The first kappa shape index (κ1) is 12.2. The normalized spacial score (nSPS) is 29.4. The van der Waals surface area contributed by atoms with Crippen LogP contribution in [0.4, 0.5) is 0 Å². The van der Waals surface area contributed by atoms with E-state index in [0.29, 0.717) is 12.1 Å². The molecule has 2 heteroatoms. The lowest BCUT2D eigenvalue weighted by atomic mass is 9.77. The van der Waals surface area contributed by atoms with Gasteiger partial charge in [0.2, 0.25) is 0 Å². The number of rotatable bonds is 3. The average Bonchev–Trinajstić information content (AvgIpc) is 2.36. The predicted octanol–water partition coefficient (Wildman–Crippen LogP) is 2.53. The minimum Gasteiger partial charge on any atom is -0.327 e. The van der Waals surface area contributed by atoms with Crippen LogP contribution in [0, 0.1) is 0 Å². The Morgan fingerprint density at radius 2 is 2.17 bits per heavy atom. The van der Waals surface area contributed by atoms with Gasteiger partial charge in [-0.15, -0.1) is 0 Å². The summed E-state index contributed by atoms with van der Waals surface area (Å²) in [4.78, 5) is 2.65. The van der Waals surface area contributed by atoms with E-state index in [1.54, 1.807) is 11.1 Å². The monoisotopic (exact) mass is 244 g/mol. The Morgan fingerprint density at radius 3 is 2.94 bits per heavy atom. The molecule has 2 nitrogen and oxygen atoms in total. The van der Waals surface area contributed by atoms with Crippen molar-refractivity contribution in [3.8, 4) is 0 Å². The Labute approximate surface area is 110 Å². The van der Waals surface area contributed by atoms with E-state index in [0.717, 1.165) is 5.92 Å². The van der Waals surface area contributed by atoms with Gasteiger partial charge in [-0.3, -0.25) is 4.90 Å². The molecule has 18 heavy (non-hydrogen) atoms. The summed E-state index contributed by atoms with van der Waals surface area (Å²) in [6, 6.07) is 9.80. The highest BCUT2D eigenvalue weighted by molar-refractivity contribution is 5.40. The van der Waals surface area contributed by atoms with Crippen LogP contribution in [-0.4, -0.2) is 30.1 Å². The number of nitrogens with two attached hydrogens (primary N) is 1. The number of fused-ring (bicyclic) bond motifs is 1. The van der Waals surface area contributed by atoms with Crippen molar-refractivity contribution >= 4 is 0 Å². The molecule has 0 amide bonds. The van der Waals surface area contributed by atoms with Gasteiger partial charge < -0.3 is 5.73 Å². The molecule has 0 saturated carbocycles. The fourth-order valence-electron chi connectivity index (χ4n) is 3.65. The second-order valence-corrected chi connectivity index (χ2v) is 6.02. The standard InChI is InChI=1S/C16H24N2/c1-12(17)16-8-4-5-9-18(16)11-14-10-13-6-2-3-7-15(13)14/h2-3,6-7,12,14,16H,4-5,8-11,17H2,1H3. The number of likely N-dealkylation sites (tertiary alicyclic amines) is 1. The summed E-state index contributed by atoms with van der Waals surface area (Å²) in [7, 11) is 0. The molecule has 3 unspecified atom stereocenters. The van der Waals surface area contributed by atoms with E-state index in [9.17, 15) is 0 Å². The molecule has 2 aliphatic rings. The molecular formula is C16H24N2. The van der Waals surface area contributed by atoms with Gasteiger partial charge in [0.15, 0.2) is 0 Å². The van der Waals surface area contributed by atoms with Crippen molar-refractivity contribution in [1.82, 2.24) is 4.90 Å². The molecule has 1 aromatic rings. The summed E-state index contributed by atoms with van der Waals surface area (Å²) in [6.07, 6.45) is 5.24. The summed E-state index contributed by atoms with van der Waals surface area (Å²) < 4.78 is 0. The van der Waals surface area contributed by atoms with Gasteiger partial charge in [-0.2, -0.15) is 0 Å².